The van der Waals surface area contributed by atoms with E-state index in [1.807, 2.05) is 0 Å². The van der Waals surface area contributed by atoms with Crippen LogP contribution in [0.1, 0.15) is 12.8 Å². The lowest BCUT2D eigenvalue weighted by atomic mass is 10.1. The van der Waals surface area contributed by atoms with Crippen molar-refractivity contribution in [1.29, 1.82) is 0 Å². The topological polar surface area (TPSA) is 58.6 Å². The van der Waals surface area contributed by atoms with Crippen molar-refractivity contribution < 1.29 is 14.6 Å². The molecule has 1 aliphatic rings. The van der Waals surface area contributed by atoms with Crippen LogP contribution in [0.2, 0.25) is 0 Å². The molecular weight excluding hydrogens is 146 g/mol. The molecule has 2 atom stereocenters. The van der Waals surface area contributed by atoms with E-state index in [-0.39, 0.29) is 18.1 Å². The van der Waals surface area contributed by atoms with Gasteiger partial charge in [-0.2, -0.15) is 0 Å². The van der Waals surface area contributed by atoms with Crippen LogP contribution in [-0.4, -0.2) is 36.9 Å². The third kappa shape index (κ3) is 2.48. The Kier molecular flexibility index (Phi) is 2.84. The highest BCUT2D eigenvalue weighted by atomic mass is 16.5. The van der Waals surface area contributed by atoms with Crippen molar-refractivity contribution in [3.05, 3.63) is 0 Å². The SMILES string of the molecule is COC(=O)C[C@@H]1CC(O)CN1. The highest BCUT2D eigenvalue weighted by molar-refractivity contribution is 5.69. The minimum Gasteiger partial charge on any atom is -0.469 e. The number of carbonyl (C=O) groups excluding carboxylic acids is 1. The Bertz CT molecular complexity index is 149. The van der Waals surface area contributed by atoms with E-state index >= 15 is 0 Å². The molecule has 0 aromatic carbocycles. The van der Waals surface area contributed by atoms with Gasteiger partial charge in [-0.15, -0.1) is 0 Å². The molecule has 0 aliphatic carbocycles. The maximum Gasteiger partial charge on any atom is 0.307 e. The summed E-state index contributed by atoms with van der Waals surface area (Å²) in [7, 11) is 1.37. The molecule has 1 unspecified atom stereocenters. The number of ether oxygens (including phenoxy) is 1. The molecule has 0 radical (unpaired) electrons. The number of carbonyl (C=O) groups is 1. The summed E-state index contributed by atoms with van der Waals surface area (Å²) in [6.07, 6.45) is 0.701. The summed E-state index contributed by atoms with van der Waals surface area (Å²) in [5, 5.41) is 12.1. The molecule has 0 bridgehead atoms. The van der Waals surface area contributed by atoms with Crippen LogP contribution in [0.5, 0.6) is 0 Å². The Labute approximate surface area is 65.5 Å². The molecule has 0 spiro atoms. The van der Waals surface area contributed by atoms with Gasteiger partial charge in [0.2, 0.25) is 0 Å². The lowest BCUT2D eigenvalue weighted by Crippen LogP contribution is -2.25. The molecule has 1 saturated heterocycles. The molecular formula is C7H13NO3. The van der Waals surface area contributed by atoms with Crippen LogP contribution in [-0.2, 0) is 9.53 Å². The predicted molar refractivity (Wildman–Crippen MR) is 39.0 cm³/mol. The zero-order chi connectivity index (χ0) is 8.27. The number of rotatable bonds is 2. The van der Waals surface area contributed by atoms with E-state index in [0.717, 1.165) is 0 Å². The van der Waals surface area contributed by atoms with Crippen molar-refractivity contribution in [2.75, 3.05) is 13.7 Å². The molecule has 0 aromatic heterocycles. The second-order valence-electron chi connectivity index (χ2n) is 2.77. The fraction of sp³-hybridized carbons (Fsp3) is 0.857. The Morgan fingerprint density at radius 2 is 2.55 bits per heavy atom. The maximum absolute atomic E-state index is 10.7. The normalized spacial score (nSPS) is 30.4. The van der Waals surface area contributed by atoms with E-state index in [2.05, 4.69) is 10.1 Å². The van der Waals surface area contributed by atoms with Gasteiger partial charge in [-0.1, -0.05) is 0 Å². The lowest BCUT2D eigenvalue weighted by molar-refractivity contribution is -0.141. The van der Waals surface area contributed by atoms with E-state index in [0.29, 0.717) is 19.4 Å². The van der Waals surface area contributed by atoms with E-state index in [1.54, 1.807) is 0 Å². The third-order valence-corrected chi connectivity index (χ3v) is 1.84. The van der Waals surface area contributed by atoms with E-state index in [4.69, 9.17) is 5.11 Å². The van der Waals surface area contributed by atoms with Gasteiger partial charge < -0.3 is 15.2 Å². The van der Waals surface area contributed by atoms with Gasteiger partial charge in [0.05, 0.1) is 19.6 Å². The Morgan fingerprint density at radius 1 is 1.82 bits per heavy atom. The molecule has 11 heavy (non-hydrogen) atoms. The van der Waals surface area contributed by atoms with Crippen LogP contribution >= 0.6 is 0 Å². The molecule has 1 rings (SSSR count). The lowest BCUT2D eigenvalue weighted by Gasteiger charge is -2.06. The first-order valence-corrected chi connectivity index (χ1v) is 3.70. The summed E-state index contributed by atoms with van der Waals surface area (Å²) in [5.74, 6) is -0.225. The molecule has 0 aromatic rings. The number of aliphatic hydroxyl groups is 1. The summed E-state index contributed by atoms with van der Waals surface area (Å²) in [5.41, 5.74) is 0. The zero-order valence-electron chi connectivity index (χ0n) is 6.54. The van der Waals surface area contributed by atoms with Crippen LogP contribution in [0.3, 0.4) is 0 Å². The average Bonchev–Trinajstić information content (AvgIpc) is 2.35. The monoisotopic (exact) mass is 159 g/mol. The molecule has 4 nitrogen and oxygen atoms in total. The first kappa shape index (κ1) is 8.49. The van der Waals surface area contributed by atoms with Crippen molar-refractivity contribution in [1.82, 2.24) is 5.32 Å². The molecule has 2 N–H and O–H groups in total. The van der Waals surface area contributed by atoms with Gasteiger partial charge in [-0.25, -0.2) is 0 Å². The Morgan fingerprint density at radius 3 is 3.00 bits per heavy atom. The quantitative estimate of drug-likeness (QED) is 0.522. The van der Waals surface area contributed by atoms with Crippen molar-refractivity contribution in [2.45, 2.75) is 25.0 Å². The van der Waals surface area contributed by atoms with Crippen molar-refractivity contribution >= 4 is 5.97 Å². The van der Waals surface area contributed by atoms with E-state index < -0.39 is 0 Å². The highest BCUT2D eigenvalue weighted by Gasteiger charge is 2.24. The summed E-state index contributed by atoms with van der Waals surface area (Å²) in [6.45, 7) is 0.585. The van der Waals surface area contributed by atoms with Crippen LogP contribution in [0.25, 0.3) is 0 Å². The van der Waals surface area contributed by atoms with Crippen molar-refractivity contribution in [2.24, 2.45) is 0 Å². The number of methoxy groups -OCH3 is 1. The molecule has 1 heterocycles. The van der Waals surface area contributed by atoms with Crippen LogP contribution in [0.4, 0.5) is 0 Å². The van der Waals surface area contributed by atoms with Gasteiger partial charge >= 0.3 is 5.97 Å². The minimum absolute atomic E-state index is 0.0949. The van der Waals surface area contributed by atoms with Crippen LogP contribution in [0, 0.1) is 0 Å². The first-order chi connectivity index (χ1) is 5.22. The molecule has 0 amide bonds. The summed E-state index contributed by atoms with van der Waals surface area (Å²) in [4.78, 5) is 10.7. The van der Waals surface area contributed by atoms with Crippen LogP contribution in [0.15, 0.2) is 0 Å². The van der Waals surface area contributed by atoms with Gasteiger partial charge in [-0.3, -0.25) is 4.79 Å². The standard InChI is InChI=1S/C7H13NO3/c1-11-7(10)3-5-2-6(9)4-8-5/h5-6,8-9H,2-4H2,1H3/t5-,6?/m0/s1. The summed E-state index contributed by atoms with van der Waals surface area (Å²) in [6, 6.07) is 0.0949. The molecule has 4 heteroatoms. The average molecular weight is 159 g/mol. The second kappa shape index (κ2) is 3.69. The number of esters is 1. The zero-order valence-corrected chi connectivity index (χ0v) is 6.54. The Balaban J connectivity index is 2.23. The third-order valence-electron chi connectivity index (χ3n) is 1.84. The van der Waals surface area contributed by atoms with Crippen molar-refractivity contribution in [3.63, 3.8) is 0 Å². The maximum atomic E-state index is 10.7. The van der Waals surface area contributed by atoms with Gasteiger partial charge in [0, 0.05) is 12.6 Å². The van der Waals surface area contributed by atoms with E-state index in [9.17, 15) is 4.79 Å². The van der Waals surface area contributed by atoms with Crippen LogP contribution < -0.4 is 5.32 Å². The highest BCUT2D eigenvalue weighted by Crippen LogP contribution is 2.09. The summed E-state index contributed by atoms with van der Waals surface area (Å²) < 4.78 is 4.49. The van der Waals surface area contributed by atoms with Crippen molar-refractivity contribution in [3.8, 4) is 0 Å². The Hall–Kier alpha value is -0.610. The van der Waals surface area contributed by atoms with E-state index in [1.165, 1.54) is 7.11 Å². The summed E-state index contributed by atoms with van der Waals surface area (Å²) >= 11 is 0. The molecule has 1 fully saturated rings. The number of nitrogens with one attached hydrogen (secondary N) is 1. The first-order valence-electron chi connectivity index (χ1n) is 3.70. The minimum atomic E-state index is -0.301. The predicted octanol–water partition coefficient (Wildman–Crippen LogP) is -0.728. The fourth-order valence-corrected chi connectivity index (χ4v) is 1.24. The van der Waals surface area contributed by atoms with Gasteiger partial charge in [0.15, 0.2) is 0 Å². The molecule has 1 aliphatic heterocycles. The molecule has 64 valence electrons. The number of β-amino-alcohol motifs (C(OH)–C–C–N with tert-alkyl or cyclic N) is 1. The number of hydrogen-bond donors (Lipinski definition) is 2. The number of hydrogen-bond acceptors (Lipinski definition) is 4. The van der Waals surface area contributed by atoms with Gasteiger partial charge in [0.25, 0.3) is 0 Å². The number of aliphatic hydroxyl groups excluding tert-OH is 1. The smallest absolute Gasteiger partial charge is 0.307 e. The largest absolute Gasteiger partial charge is 0.469 e. The molecule has 0 saturated carbocycles. The second-order valence-corrected chi connectivity index (χ2v) is 2.77. The van der Waals surface area contributed by atoms with Gasteiger partial charge in [0.1, 0.15) is 0 Å². The van der Waals surface area contributed by atoms with Gasteiger partial charge in [-0.05, 0) is 6.42 Å². The fourth-order valence-electron chi connectivity index (χ4n) is 1.24.